The van der Waals surface area contributed by atoms with Crippen molar-refractivity contribution in [3.63, 3.8) is 0 Å². The Balaban J connectivity index is 1.74. The van der Waals surface area contributed by atoms with E-state index < -0.39 is 0 Å². The van der Waals surface area contributed by atoms with Gasteiger partial charge in [0.15, 0.2) is 0 Å². The molecule has 3 rings (SSSR count). The number of benzene rings is 1. The molecule has 0 N–H and O–H groups in total. The van der Waals surface area contributed by atoms with Gasteiger partial charge in [0.25, 0.3) is 0 Å². The standard InChI is InChI=1S/C21H23ClN2O2/c1-4-14(2)15(3)17-7-5-16(6-8-17)12-26-20-19(11-23-21(22)24-20)18-9-10-25-13-18/h5-9,11H,4,10,12-13H2,1-3H3. The van der Waals surface area contributed by atoms with E-state index in [2.05, 4.69) is 55.0 Å². The third kappa shape index (κ3) is 4.32. The number of hydrogen-bond donors (Lipinski definition) is 0. The summed E-state index contributed by atoms with van der Waals surface area (Å²) in [6.45, 7) is 8.08. The Hall–Kier alpha value is -2.17. The van der Waals surface area contributed by atoms with Gasteiger partial charge in [-0.05, 0) is 54.1 Å². The average molecular weight is 371 g/mol. The molecule has 1 aliphatic rings. The van der Waals surface area contributed by atoms with Crippen LogP contribution in [0.25, 0.3) is 11.1 Å². The Morgan fingerprint density at radius 2 is 2.00 bits per heavy atom. The molecule has 0 radical (unpaired) electrons. The number of ether oxygens (including phenoxy) is 2. The first kappa shape index (κ1) is 18.6. The molecule has 0 aliphatic carbocycles. The second-order valence-corrected chi connectivity index (χ2v) is 6.68. The maximum Gasteiger partial charge on any atom is 0.225 e. The van der Waals surface area contributed by atoms with Crippen LogP contribution < -0.4 is 4.74 Å². The van der Waals surface area contributed by atoms with Crippen LogP contribution in [0.3, 0.4) is 0 Å². The van der Waals surface area contributed by atoms with Crippen molar-refractivity contribution in [1.29, 1.82) is 0 Å². The summed E-state index contributed by atoms with van der Waals surface area (Å²) in [6, 6.07) is 8.44. The zero-order valence-electron chi connectivity index (χ0n) is 15.4. The average Bonchev–Trinajstić information content (AvgIpc) is 3.20. The molecule has 0 unspecified atom stereocenters. The number of hydrogen-bond acceptors (Lipinski definition) is 4. The lowest BCUT2D eigenvalue weighted by atomic mass is 10.00. The van der Waals surface area contributed by atoms with Crippen LogP contribution in [-0.4, -0.2) is 23.2 Å². The first-order valence-electron chi connectivity index (χ1n) is 8.76. The van der Waals surface area contributed by atoms with Crippen molar-refractivity contribution in [3.8, 4) is 5.88 Å². The van der Waals surface area contributed by atoms with E-state index in [-0.39, 0.29) is 5.28 Å². The molecule has 2 heterocycles. The highest BCUT2D eigenvalue weighted by atomic mass is 35.5. The van der Waals surface area contributed by atoms with Gasteiger partial charge < -0.3 is 9.47 Å². The van der Waals surface area contributed by atoms with Crippen molar-refractivity contribution < 1.29 is 9.47 Å². The highest BCUT2D eigenvalue weighted by Crippen LogP contribution is 2.28. The minimum Gasteiger partial charge on any atom is -0.472 e. The summed E-state index contributed by atoms with van der Waals surface area (Å²) < 4.78 is 11.3. The summed E-state index contributed by atoms with van der Waals surface area (Å²) in [5, 5.41) is 0.175. The normalized spacial score (nSPS) is 14.8. The molecular weight excluding hydrogens is 348 g/mol. The van der Waals surface area contributed by atoms with Crippen LogP contribution in [0.4, 0.5) is 0 Å². The predicted octanol–water partition coefficient (Wildman–Crippen LogP) is 5.33. The highest BCUT2D eigenvalue weighted by molar-refractivity contribution is 6.28. The number of allylic oxidation sites excluding steroid dienone is 2. The summed E-state index contributed by atoms with van der Waals surface area (Å²) in [5.74, 6) is 0.490. The van der Waals surface area contributed by atoms with Gasteiger partial charge in [-0.1, -0.05) is 42.8 Å². The highest BCUT2D eigenvalue weighted by Gasteiger charge is 2.16. The van der Waals surface area contributed by atoms with Gasteiger partial charge in [0.2, 0.25) is 11.2 Å². The molecule has 0 amide bonds. The lowest BCUT2D eigenvalue weighted by Gasteiger charge is -2.12. The molecule has 1 aromatic heterocycles. The van der Waals surface area contributed by atoms with Gasteiger partial charge >= 0.3 is 0 Å². The summed E-state index contributed by atoms with van der Waals surface area (Å²) in [6.07, 6.45) is 4.77. The fourth-order valence-corrected chi connectivity index (χ4v) is 2.89. The van der Waals surface area contributed by atoms with Crippen LogP contribution in [0.2, 0.25) is 5.28 Å². The van der Waals surface area contributed by atoms with Crippen LogP contribution in [0, 0.1) is 0 Å². The van der Waals surface area contributed by atoms with Gasteiger partial charge in [-0.2, -0.15) is 4.98 Å². The second-order valence-electron chi connectivity index (χ2n) is 6.35. The van der Waals surface area contributed by atoms with E-state index in [1.807, 2.05) is 6.08 Å². The predicted molar refractivity (Wildman–Crippen MR) is 105 cm³/mol. The molecule has 0 bridgehead atoms. The van der Waals surface area contributed by atoms with Crippen LogP contribution in [0.1, 0.15) is 43.9 Å². The fraction of sp³-hybridized carbons (Fsp3) is 0.333. The van der Waals surface area contributed by atoms with Crippen LogP contribution >= 0.6 is 11.6 Å². The van der Waals surface area contributed by atoms with Crippen molar-refractivity contribution in [3.05, 3.63) is 64.1 Å². The summed E-state index contributed by atoms with van der Waals surface area (Å²) in [5.41, 5.74) is 6.92. The number of aromatic nitrogens is 2. The molecule has 0 fully saturated rings. The molecule has 1 aliphatic heterocycles. The van der Waals surface area contributed by atoms with E-state index >= 15 is 0 Å². The molecule has 4 nitrogen and oxygen atoms in total. The zero-order chi connectivity index (χ0) is 18.5. The van der Waals surface area contributed by atoms with E-state index in [9.17, 15) is 0 Å². The van der Waals surface area contributed by atoms with Gasteiger partial charge in [-0.15, -0.1) is 0 Å². The molecule has 1 aromatic carbocycles. The molecule has 5 heteroatoms. The first-order chi connectivity index (χ1) is 12.6. The minimum atomic E-state index is 0.175. The number of halogens is 1. The third-order valence-corrected chi connectivity index (χ3v) is 4.89. The Morgan fingerprint density at radius 1 is 1.23 bits per heavy atom. The van der Waals surface area contributed by atoms with Crippen LogP contribution in [0.5, 0.6) is 5.88 Å². The van der Waals surface area contributed by atoms with Gasteiger partial charge in [0.1, 0.15) is 6.61 Å². The summed E-state index contributed by atoms with van der Waals surface area (Å²) in [4.78, 5) is 8.31. The number of rotatable bonds is 6. The van der Waals surface area contributed by atoms with Gasteiger partial charge in [-0.25, -0.2) is 4.98 Å². The second kappa shape index (κ2) is 8.47. The van der Waals surface area contributed by atoms with E-state index in [1.54, 1.807) is 6.20 Å². The molecule has 0 spiro atoms. The van der Waals surface area contributed by atoms with Crippen molar-refractivity contribution in [2.24, 2.45) is 0 Å². The van der Waals surface area contributed by atoms with Gasteiger partial charge in [0.05, 0.1) is 18.8 Å². The topological polar surface area (TPSA) is 44.2 Å². The Labute approximate surface area is 159 Å². The molecule has 0 saturated carbocycles. The van der Waals surface area contributed by atoms with Crippen LogP contribution in [-0.2, 0) is 11.3 Å². The van der Waals surface area contributed by atoms with Crippen molar-refractivity contribution in [2.45, 2.75) is 33.8 Å². The Morgan fingerprint density at radius 3 is 2.65 bits per heavy atom. The quantitative estimate of drug-likeness (QED) is 0.645. The lowest BCUT2D eigenvalue weighted by Crippen LogP contribution is -2.03. The number of nitrogens with zero attached hydrogens (tertiary/aromatic N) is 2. The maximum atomic E-state index is 5.95. The van der Waals surface area contributed by atoms with Crippen molar-refractivity contribution in [2.75, 3.05) is 13.2 Å². The monoisotopic (exact) mass is 370 g/mol. The molecule has 0 saturated heterocycles. The van der Waals surface area contributed by atoms with Gasteiger partial charge in [0, 0.05) is 6.20 Å². The van der Waals surface area contributed by atoms with Crippen molar-refractivity contribution in [1.82, 2.24) is 9.97 Å². The fourth-order valence-electron chi connectivity index (χ4n) is 2.77. The van der Waals surface area contributed by atoms with Gasteiger partial charge in [-0.3, -0.25) is 0 Å². The SMILES string of the molecule is CCC(C)=C(C)c1ccc(COc2nc(Cl)ncc2C2=CCOC2)cc1. The third-order valence-electron chi connectivity index (χ3n) is 4.71. The lowest BCUT2D eigenvalue weighted by molar-refractivity contribution is 0.215. The summed E-state index contributed by atoms with van der Waals surface area (Å²) in [7, 11) is 0. The molecular formula is C21H23ClN2O2. The summed E-state index contributed by atoms with van der Waals surface area (Å²) >= 11 is 5.95. The Bertz CT molecular complexity index is 842. The van der Waals surface area contributed by atoms with E-state index in [1.165, 1.54) is 16.7 Å². The minimum absolute atomic E-state index is 0.175. The van der Waals surface area contributed by atoms with Crippen molar-refractivity contribution >= 4 is 22.7 Å². The van der Waals surface area contributed by atoms with E-state index in [4.69, 9.17) is 21.1 Å². The first-order valence-corrected chi connectivity index (χ1v) is 9.14. The largest absolute Gasteiger partial charge is 0.472 e. The van der Waals surface area contributed by atoms with E-state index in [0.29, 0.717) is 25.7 Å². The Kier molecular flexibility index (Phi) is 6.07. The molecule has 0 atom stereocenters. The maximum absolute atomic E-state index is 5.95. The smallest absolute Gasteiger partial charge is 0.225 e. The van der Waals surface area contributed by atoms with Crippen LogP contribution in [0.15, 0.2) is 42.1 Å². The zero-order valence-corrected chi connectivity index (χ0v) is 16.1. The molecule has 26 heavy (non-hydrogen) atoms. The molecule has 2 aromatic rings. The van der Waals surface area contributed by atoms with E-state index in [0.717, 1.165) is 23.1 Å². The molecule has 136 valence electrons.